The minimum absolute atomic E-state index is 0.212. The summed E-state index contributed by atoms with van der Waals surface area (Å²) >= 11 is 0. The number of hydrogen-bond acceptors (Lipinski definition) is 2. The van der Waals surface area contributed by atoms with E-state index in [0.29, 0.717) is 5.92 Å². The van der Waals surface area contributed by atoms with Gasteiger partial charge in [0.25, 0.3) is 0 Å². The molecular weight excluding hydrogens is 188 g/mol. The van der Waals surface area contributed by atoms with Gasteiger partial charge in [-0.25, -0.2) is 4.98 Å². The first-order valence-electron chi connectivity index (χ1n) is 5.20. The van der Waals surface area contributed by atoms with Gasteiger partial charge in [-0.15, -0.1) is 0 Å². The van der Waals surface area contributed by atoms with Crippen LogP contribution in [0.1, 0.15) is 23.7 Å². The molecule has 0 aliphatic heterocycles. The predicted molar refractivity (Wildman–Crippen MR) is 56.8 cm³/mol. The molecule has 2 atom stereocenters. The van der Waals surface area contributed by atoms with E-state index in [1.54, 1.807) is 0 Å². The highest BCUT2D eigenvalue weighted by atomic mass is 16.1. The van der Waals surface area contributed by atoms with Gasteiger partial charge in [-0.05, 0) is 25.5 Å². The SMILES string of the molecule is Cc1nc2ccccn2c1C1CC1C=O. The van der Waals surface area contributed by atoms with E-state index in [2.05, 4.69) is 9.38 Å². The van der Waals surface area contributed by atoms with Crippen LogP contribution >= 0.6 is 0 Å². The fourth-order valence-electron chi connectivity index (χ4n) is 2.26. The minimum atomic E-state index is 0.212. The van der Waals surface area contributed by atoms with Crippen LogP contribution in [0.4, 0.5) is 0 Å². The van der Waals surface area contributed by atoms with E-state index in [1.165, 1.54) is 5.69 Å². The van der Waals surface area contributed by atoms with Crippen molar-refractivity contribution in [2.45, 2.75) is 19.3 Å². The number of aryl methyl sites for hydroxylation is 1. The molecule has 0 amide bonds. The summed E-state index contributed by atoms with van der Waals surface area (Å²) in [6.07, 6.45) is 4.06. The number of rotatable bonds is 2. The highest BCUT2D eigenvalue weighted by molar-refractivity contribution is 5.62. The first-order chi connectivity index (χ1) is 7.31. The van der Waals surface area contributed by atoms with Crippen molar-refractivity contribution in [2.24, 2.45) is 5.92 Å². The Bertz CT molecular complexity index is 529. The van der Waals surface area contributed by atoms with Crippen LogP contribution in [-0.2, 0) is 4.79 Å². The van der Waals surface area contributed by atoms with E-state index in [0.717, 1.165) is 24.0 Å². The molecule has 3 rings (SSSR count). The number of aldehydes is 1. The lowest BCUT2D eigenvalue weighted by molar-refractivity contribution is -0.108. The zero-order valence-electron chi connectivity index (χ0n) is 8.55. The highest BCUT2D eigenvalue weighted by Gasteiger charge is 2.41. The smallest absolute Gasteiger partial charge is 0.137 e. The lowest BCUT2D eigenvalue weighted by Crippen LogP contribution is -1.93. The van der Waals surface area contributed by atoms with Crippen LogP contribution in [0.15, 0.2) is 24.4 Å². The van der Waals surface area contributed by atoms with Gasteiger partial charge in [0.15, 0.2) is 0 Å². The largest absolute Gasteiger partial charge is 0.304 e. The molecular formula is C12H12N2O. The van der Waals surface area contributed by atoms with Gasteiger partial charge in [0.2, 0.25) is 0 Å². The molecule has 1 saturated carbocycles. The summed E-state index contributed by atoms with van der Waals surface area (Å²) in [7, 11) is 0. The van der Waals surface area contributed by atoms with Gasteiger partial charge in [-0.3, -0.25) is 0 Å². The molecule has 2 aromatic rings. The number of nitrogens with zero attached hydrogens (tertiary/aromatic N) is 2. The number of aromatic nitrogens is 2. The Morgan fingerprint density at radius 2 is 2.40 bits per heavy atom. The van der Waals surface area contributed by atoms with Crippen LogP contribution in [-0.4, -0.2) is 15.7 Å². The number of hydrogen-bond donors (Lipinski definition) is 0. The lowest BCUT2D eigenvalue weighted by Gasteiger charge is -1.99. The second-order valence-corrected chi connectivity index (χ2v) is 4.15. The van der Waals surface area contributed by atoms with Crippen LogP contribution in [0.25, 0.3) is 5.65 Å². The fraction of sp³-hybridized carbons (Fsp3) is 0.333. The summed E-state index contributed by atoms with van der Waals surface area (Å²) in [5.41, 5.74) is 3.24. The zero-order chi connectivity index (χ0) is 10.4. The molecule has 1 aliphatic carbocycles. The van der Waals surface area contributed by atoms with Crippen molar-refractivity contribution in [1.29, 1.82) is 0 Å². The first kappa shape index (κ1) is 8.65. The summed E-state index contributed by atoms with van der Waals surface area (Å²) < 4.78 is 2.10. The van der Waals surface area contributed by atoms with E-state index >= 15 is 0 Å². The summed E-state index contributed by atoms with van der Waals surface area (Å²) in [6, 6.07) is 5.97. The van der Waals surface area contributed by atoms with Crippen molar-refractivity contribution in [3.63, 3.8) is 0 Å². The van der Waals surface area contributed by atoms with E-state index in [4.69, 9.17) is 0 Å². The molecule has 1 fully saturated rings. The lowest BCUT2D eigenvalue weighted by atomic mass is 10.2. The Labute approximate surface area is 87.7 Å². The Kier molecular flexibility index (Phi) is 1.69. The molecule has 3 heteroatoms. The number of fused-ring (bicyclic) bond motifs is 1. The summed E-state index contributed by atoms with van der Waals surface area (Å²) in [5.74, 6) is 0.601. The van der Waals surface area contributed by atoms with Crippen molar-refractivity contribution in [2.75, 3.05) is 0 Å². The standard InChI is InChI=1S/C12H12N2O/c1-8-12(10-6-9(10)7-15)14-5-3-2-4-11(14)13-8/h2-5,7,9-10H,6H2,1H3. The zero-order valence-corrected chi connectivity index (χ0v) is 8.55. The maximum atomic E-state index is 10.7. The Hall–Kier alpha value is -1.64. The van der Waals surface area contributed by atoms with Gasteiger partial charge in [0.1, 0.15) is 11.9 Å². The van der Waals surface area contributed by atoms with Crippen molar-refractivity contribution >= 4 is 11.9 Å². The van der Waals surface area contributed by atoms with Gasteiger partial charge in [0, 0.05) is 23.7 Å². The van der Waals surface area contributed by atoms with E-state index in [-0.39, 0.29) is 5.92 Å². The van der Waals surface area contributed by atoms with Gasteiger partial charge in [-0.2, -0.15) is 0 Å². The molecule has 15 heavy (non-hydrogen) atoms. The number of carbonyl (C=O) groups is 1. The molecule has 2 unspecified atom stereocenters. The molecule has 0 radical (unpaired) electrons. The Morgan fingerprint density at radius 1 is 1.53 bits per heavy atom. The third kappa shape index (κ3) is 1.19. The number of imidazole rings is 1. The van der Waals surface area contributed by atoms with Crippen molar-refractivity contribution in [3.05, 3.63) is 35.8 Å². The average Bonchev–Trinajstić information content (AvgIpc) is 2.93. The summed E-state index contributed by atoms with van der Waals surface area (Å²) in [4.78, 5) is 15.2. The molecule has 1 aliphatic rings. The first-order valence-corrected chi connectivity index (χ1v) is 5.20. The molecule has 0 bridgehead atoms. The molecule has 0 saturated heterocycles. The third-order valence-corrected chi connectivity index (χ3v) is 3.12. The normalized spacial score (nSPS) is 24.3. The molecule has 0 aromatic carbocycles. The highest BCUT2D eigenvalue weighted by Crippen LogP contribution is 2.46. The summed E-state index contributed by atoms with van der Waals surface area (Å²) in [6.45, 7) is 2.02. The van der Waals surface area contributed by atoms with Gasteiger partial charge in [-0.1, -0.05) is 6.07 Å². The molecule has 2 heterocycles. The Morgan fingerprint density at radius 3 is 3.13 bits per heavy atom. The van der Waals surface area contributed by atoms with Crippen molar-refractivity contribution in [1.82, 2.24) is 9.38 Å². The van der Waals surface area contributed by atoms with Gasteiger partial charge < -0.3 is 9.20 Å². The summed E-state index contributed by atoms with van der Waals surface area (Å²) in [5, 5.41) is 0. The second-order valence-electron chi connectivity index (χ2n) is 4.15. The van der Waals surface area contributed by atoms with Crippen LogP contribution in [0, 0.1) is 12.8 Å². The minimum Gasteiger partial charge on any atom is -0.304 e. The second kappa shape index (κ2) is 2.92. The van der Waals surface area contributed by atoms with E-state index < -0.39 is 0 Å². The third-order valence-electron chi connectivity index (χ3n) is 3.12. The van der Waals surface area contributed by atoms with E-state index in [9.17, 15) is 4.79 Å². The monoisotopic (exact) mass is 200 g/mol. The van der Waals surface area contributed by atoms with Crippen LogP contribution < -0.4 is 0 Å². The number of pyridine rings is 1. The maximum absolute atomic E-state index is 10.7. The maximum Gasteiger partial charge on any atom is 0.137 e. The predicted octanol–water partition coefficient (Wildman–Crippen LogP) is 1.95. The molecule has 3 nitrogen and oxygen atoms in total. The van der Waals surface area contributed by atoms with Crippen LogP contribution in [0.5, 0.6) is 0 Å². The van der Waals surface area contributed by atoms with Crippen molar-refractivity contribution < 1.29 is 4.79 Å². The quantitative estimate of drug-likeness (QED) is 0.694. The molecule has 2 aromatic heterocycles. The molecule has 0 N–H and O–H groups in total. The molecule has 0 spiro atoms. The van der Waals surface area contributed by atoms with Gasteiger partial charge in [0.05, 0.1) is 5.69 Å². The fourth-order valence-corrected chi connectivity index (χ4v) is 2.26. The van der Waals surface area contributed by atoms with Crippen LogP contribution in [0.2, 0.25) is 0 Å². The molecule has 76 valence electrons. The topological polar surface area (TPSA) is 34.4 Å². The van der Waals surface area contributed by atoms with E-state index in [1.807, 2.05) is 31.3 Å². The van der Waals surface area contributed by atoms with Crippen molar-refractivity contribution in [3.8, 4) is 0 Å². The average molecular weight is 200 g/mol. The number of carbonyl (C=O) groups excluding carboxylic acids is 1. The Balaban J connectivity index is 2.17. The van der Waals surface area contributed by atoms with Crippen LogP contribution in [0.3, 0.4) is 0 Å². The van der Waals surface area contributed by atoms with Gasteiger partial charge >= 0.3 is 0 Å².